The molecule has 1 aliphatic rings. The predicted molar refractivity (Wildman–Crippen MR) is 128 cm³/mol. The van der Waals surface area contributed by atoms with E-state index >= 15 is 0 Å². The molecule has 38 heavy (non-hydrogen) atoms. The zero-order valence-electron chi connectivity index (χ0n) is 19.3. The van der Waals surface area contributed by atoms with Crippen molar-refractivity contribution in [2.45, 2.75) is 19.1 Å². The molecule has 1 atom stereocenters. The molecular weight excluding hydrogens is 528 g/mol. The first-order chi connectivity index (χ1) is 18.2. The van der Waals surface area contributed by atoms with Gasteiger partial charge in [0.05, 0.1) is 18.1 Å². The van der Waals surface area contributed by atoms with Gasteiger partial charge in [0.2, 0.25) is 5.91 Å². The second kappa shape index (κ2) is 10.0. The van der Waals surface area contributed by atoms with Gasteiger partial charge >= 0.3 is 12.6 Å². The molecule has 12 nitrogen and oxygen atoms in total. The highest BCUT2D eigenvalue weighted by atomic mass is 35.5. The quantitative estimate of drug-likeness (QED) is 0.344. The van der Waals surface area contributed by atoms with Crippen molar-refractivity contribution in [1.29, 1.82) is 0 Å². The van der Waals surface area contributed by atoms with E-state index in [4.69, 9.17) is 16.7 Å². The smallest absolute Gasteiger partial charge is 0.387 e. The minimum atomic E-state index is -3.15. The van der Waals surface area contributed by atoms with E-state index in [1.54, 1.807) is 12.3 Å². The Balaban J connectivity index is 1.57. The number of carboxylic acids is 1. The molecule has 1 aromatic carbocycles. The van der Waals surface area contributed by atoms with E-state index in [2.05, 4.69) is 25.2 Å². The van der Waals surface area contributed by atoms with Gasteiger partial charge in [0.25, 0.3) is 5.91 Å². The maximum absolute atomic E-state index is 13.2. The normalized spacial score (nSPS) is 15.4. The van der Waals surface area contributed by atoms with Crippen molar-refractivity contribution in [2.24, 2.45) is 0 Å². The number of carbonyl (C=O) groups is 3. The van der Waals surface area contributed by atoms with Crippen LogP contribution in [0.15, 0.2) is 49.1 Å². The van der Waals surface area contributed by atoms with Crippen LogP contribution in [0, 0.1) is 0 Å². The van der Waals surface area contributed by atoms with Crippen LogP contribution in [-0.2, 0) is 9.59 Å². The average Bonchev–Trinajstić information content (AvgIpc) is 3.57. The fourth-order valence-corrected chi connectivity index (χ4v) is 4.37. The molecule has 0 radical (unpaired) electrons. The van der Waals surface area contributed by atoms with Gasteiger partial charge in [0, 0.05) is 29.5 Å². The van der Waals surface area contributed by atoms with Crippen molar-refractivity contribution in [1.82, 2.24) is 29.3 Å². The first kappa shape index (κ1) is 25.1. The van der Waals surface area contributed by atoms with Gasteiger partial charge in [-0.05, 0) is 30.7 Å². The average molecular weight is 546 g/mol. The Morgan fingerprint density at radius 2 is 2.13 bits per heavy atom. The van der Waals surface area contributed by atoms with Crippen molar-refractivity contribution < 1.29 is 33.0 Å². The number of hydrogen-bond acceptors (Lipinski definition) is 7. The lowest BCUT2D eigenvalue weighted by Gasteiger charge is -2.14. The van der Waals surface area contributed by atoms with Crippen molar-refractivity contribution >= 4 is 40.7 Å². The molecule has 1 aliphatic heterocycles. The molecule has 1 unspecified atom stereocenters. The molecule has 5 rings (SSSR count). The molecule has 4 heterocycles. The van der Waals surface area contributed by atoms with Crippen molar-refractivity contribution in [3.05, 3.63) is 59.6 Å². The summed E-state index contributed by atoms with van der Waals surface area (Å²) in [5, 5.41) is 20.4. The minimum Gasteiger partial charge on any atom is -0.480 e. The number of fused-ring (bicyclic) bond motifs is 1. The number of aromatic nitrogens is 5. The number of rotatable bonds is 8. The van der Waals surface area contributed by atoms with Crippen LogP contribution in [-0.4, -0.2) is 71.9 Å². The third-order valence-electron chi connectivity index (χ3n) is 5.83. The molecule has 4 aromatic rings. The molecule has 15 heteroatoms. The zero-order valence-corrected chi connectivity index (χ0v) is 20.0. The lowest BCUT2D eigenvalue weighted by molar-refractivity contribution is -0.143. The molecule has 3 aromatic heterocycles. The highest BCUT2D eigenvalue weighted by Crippen LogP contribution is 2.38. The summed E-state index contributed by atoms with van der Waals surface area (Å²) in [6.07, 6.45) is 6.03. The number of benzene rings is 1. The number of amides is 2. The Labute approximate surface area is 217 Å². The molecule has 2 amide bonds. The number of likely N-dealkylation sites (tertiary alicyclic amines) is 1. The van der Waals surface area contributed by atoms with Crippen LogP contribution < -0.4 is 10.1 Å². The van der Waals surface area contributed by atoms with Crippen LogP contribution in [0.1, 0.15) is 22.8 Å². The molecule has 0 saturated carbocycles. The number of hydrogen-bond donors (Lipinski definition) is 2. The van der Waals surface area contributed by atoms with Gasteiger partial charge in [-0.2, -0.15) is 19.0 Å². The monoisotopic (exact) mass is 545 g/mol. The number of nitrogens with one attached hydrogen (secondary N) is 1. The lowest BCUT2D eigenvalue weighted by atomic mass is 10.1. The third-order valence-corrected chi connectivity index (χ3v) is 6.07. The third kappa shape index (κ3) is 4.85. The van der Waals surface area contributed by atoms with Gasteiger partial charge in [0.1, 0.15) is 29.6 Å². The van der Waals surface area contributed by atoms with Gasteiger partial charge in [-0.3, -0.25) is 19.1 Å². The molecule has 0 spiro atoms. The fourth-order valence-electron chi connectivity index (χ4n) is 4.19. The number of carboxylic acid groups (broad SMARTS) is 1. The number of anilines is 1. The number of carbonyl (C=O) groups excluding carboxylic acids is 2. The standard InChI is InChI=1S/C23H18ClF2N7O5/c24-12-2-3-17(38-23(25)26)13(8-12)19-15(29-21(36)14-9-28-32-6-1-5-27-20(14)32)10-33(30-19)16-4-7-31(22(16)37)11-18(34)35/h1-3,5-6,8-10,16,23H,4,7,11H2,(H,29,36)(H,34,35). The topological polar surface area (TPSA) is 144 Å². The highest BCUT2D eigenvalue weighted by Gasteiger charge is 2.35. The van der Waals surface area contributed by atoms with Crippen LogP contribution in [0.5, 0.6) is 5.75 Å². The largest absolute Gasteiger partial charge is 0.480 e. The number of halogens is 3. The lowest BCUT2D eigenvalue weighted by Crippen LogP contribution is -2.33. The minimum absolute atomic E-state index is 0.00502. The van der Waals surface area contributed by atoms with E-state index in [1.165, 1.54) is 50.9 Å². The zero-order chi connectivity index (χ0) is 27.0. The Kier molecular flexibility index (Phi) is 6.63. The van der Waals surface area contributed by atoms with E-state index in [1.807, 2.05) is 0 Å². The highest BCUT2D eigenvalue weighted by molar-refractivity contribution is 6.31. The summed E-state index contributed by atoms with van der Waals surface area (Å²) in [5.41, 5.74) is 0.516. The fraction of sp³-hybridized carbons (Fsp3) is 0.217. The van der Waals surface area contributed by atoms with Gasteiger partial charge in [-0.1, -0.05) is 11.6 Å². The number of nitrogens with zero attached hydrogens (tertiary/aromatic N) is 6. The molecule has 196 valence electrons. The molecule has 1 fully saturated rings. The van der Waals surface area contributed by atoms with E-state index in [-0.39, 0.29) is 51.9 Å². The SMILES string of the molecule is O=C(O)CN1CCC(n2cc(NC(=O)c3cnn4cccnc34)c(-c3cc(Cl)ccc3OC(F)F)n2)C1=O. The maximum atomic E-state index is 13.2. The van der Waals surface area contributed by atoms with E-state index < -0.39 is 37.0 Å². The molecule has 1 saturated heterocycles. The molecule has 2 N–H and O–H groups in total. The summed E-state index contributed by atoms with van der Waals surface area (Å²) in [4.78, 5) is 42.5. The van der Waals surface area contributed by atoms with E-state index in [0.717, 1.165) is 0 Å². The Morgan fingerprint density at radius 1 is 1.32 bits per heavy atom. The van der Waals surface area contributed by atoms with Gasteiger partial charge < -0.3 is 20.1 Å². The van der Waals surface area contributed by atoms with Crippen molar-refractivity contribution in [2.75, 3.05) is 18.4 Å². The molecular formula is C23H18ClF2N7O5. The first-order valence-electron chi connectivity index (χ1n) is 11.2. The summed E-state index contributed by atoms with van der Waals surface area (Å²) in [7, 11) is 0. The van der Waals surface area contributed by atoms with Crippen LogP contribution in [0.25, 0.3) is 16.9 Å². The van der Waals surface area contributed by atoms with Crippen molar-refractivity contribution in [3.8, 4) is 17.0 Å². The maximum Gasteiger partial charge on any atom is 0.387 e. The summed E-state index contributed by atoms with van der Waals surface area (Å²) in [5.74, 6) is -2.53. The second-order valence-corrected chi connectivity index (χ2v) is 8.69. The first-order valence-corrected chi connectivity index (χ1v) is 11.5. The van der Waals surface area contributed by atoms with Crippen LogP contribution in [0.4, 0.5) is 14.5 Å². The number of alkyl halides is 2. The van der Waals surface area contributed by atoms with Crippen LogP contribution in [0.3, 0.4) is 0 Å². The Hall–Kier alpha value is -4.59. The van der Waals surface area contributed by atoms with Crippen LogP contribution in [0.2, 0.25) is 5.02 Å². The van der Waals surface area contributed by atoms with Crippen molar-refractivity contribution in [3.63, 3.8) is 0 Å². The summed E-state index contributed by atoms with van der Waals surface area (Å²) in [6.45, 7) is -3.45. The second-order valence-electron chi connectivity index (χ2n) is 8.25. The van der Waals surface area contributed by atoms with E-state index in [9.17, 15) is 23.2 Å². The summed E-state index contributed by atoms with van der Waals surface area (Å²) >= 11 is 6.13. The van der Waals surface area contributed by atoms with Gasteiger partial charge in [-0.25, -0.2) is 9.50 Å². The van der Waals surface area contributed by atoms with Gasteiger partial charge in [0.15, 0.2) is 5.65 Å². The molecule has 0 bridgehead atoms. The summed E-state index contributed by atoms with van der Waals surface area (Å²) in [6, 6.07) is 4.69. The number of ether oxygens (including phenoxy) is 1. The Morgan fingerprint density at radius 3 is 2.89 bits per heavy atom. The van der Waals surface area contributed by atoms with E-state index in [0.29, 0.717) is 0 Å². The number of aliphatic carboxylic acids is 1. The predicted octanol–water partition coefficient (Wildman–Crippen LogP) is 2.96. The van der Waals surface area contributed by atoms with Gasteiger partial charge in [-0.15, -0.1) is 0 Å². The van der Waals surface area contributed by atoms with Crippen LogP contribution >= 0.6 is 11.6 Å². The summed E-state index contributed by atoms with van der Waals surface area (Å²) < 4.78 is 33.6. The molecule has 0 aliphatic carbocycles. The Bertz CT molecular complexity index is 1560.